The molecule has 0 aliphatic heterocycles. The summed E-state index contributed by atoms with van der Waals surface area (Å²) in [6, 6.07) is 12.4. The summed E-state index contributed by atoms with van der Waals surface area (Å²) in [7, 11) is 1.56. The zero-order chi connectivity index (χ0) is 18.4. The molecule has 0 aliphatic carbocycles. The molecule has 0 aliphatic rings. The number of nitrogens with zero attached hydrogens (tertiary/aromatic N) is 2. The zero-order valence-corrected chi connectivity index (χ0v) is 14.8. The fraction of sp³-hybridized carbons (Fsp3) is 0.105. The van der Waals surface area contributed by atoms with Gasteiger partial charge in [-0.3, -0.25) is 9.78 Å². The monoisotopic (exact) mass is 368 g/mol. The normalized spacial score (nSPS) is 10.2. The highest BCUT2D eigenvalue weighted by Crippen LogP contribution is 2.28. The Morgan fingerprint density at radius 3 is 2.81 bits per heavy atom. The van der Waals surface area contributed by atoms with Gasteiger partial charge in [-0.1, -0.05) is 17.7 Å². The Balaban J connectivity index is 1.67. The third-order valence-corrected chi connectivity index (χ3v) is 3.92. The lowest BCUT2D eigenvalue weighted by Gasteiger charge is -2.10. The summed E-state index contributed by atoms with van der Waals surface area (Å²) in [6.45, 7) is 0.409. The molecular weight excluding hydrogens is 352 g/mol. The molecule has 0 radical (unpaired) electrons. The van der Waals surface area contributed by atoms with Gasteiger partial charge in [0.25, 0.3) is 5.91 Å². The van der Waals surface area contributed by atoms with Crippen LogP contribution in [0.4, 0.5) is 11.5 Å². The van der Waals surface area contributed by atoms with E-state index in [4.69, 9.17) is 16.3 Å². The Bertz CT molecular complexity index is 903. The van der Waals surface area contributed by atoms with Crippen LogP contribution in [-0.2, 0) is 6.54 Å². The van der Waals surface area contributed by atoms with Gasteiger partial charge in [-0.25, -0.2) is 4.98 Å². The Labute approximate surface area is 156 Å². The number of methoxy groups -OCH3 is 1. The number of anilines is 2. The molecule has 0 atom stereocenters. The van der Waals surface area contributed by atoms with Crippen molar-refractivity contribution >= 4 is 29.0 Å². The first kappa shape index (κ1) is 17.7. The van der Waals surface area contributed by atoms with Crippen LogP contribution in [0.1, 0.15) is 15.9 Å². The van der Waals surface area contributed by atoms with Crippen LogP contribution >= 0.6 is 11.6 Å². The minimum absolute atomic E-state index is 0.188. The van der Waals surface area contributed by atoms with Gasteiger partial charge in [-0.2, -0.15) is 0 Å². The first-order valence-electron chi connectivity index (χ1n) is 7.89. The van der Waals surface area contributed by atoms with Gasteiger partial charge in [0.15, 0.2) is 0 Å². The van der Waals surface area contributed by atoms with E-state index in [1.165, 1.54) is 0 Å². The number of nitrogens with one attached hydrogen (secondary N) is 2. The standard InChI is InChI=1S/C19H17ClN4O2/c1-26-17-5-4-15(10-16(17)20)24-18-9-14(6-8-22-18)19(25)23-12-13-3-2-7-21-11-13/h2-11H,12H2,1H3,(H,22,24)(H,23,25). The van der Waals surface area contributed by atoms with E-state index in [1.807, 2.05) is 18.2 Å². The van der Waals surface area contributed by atoms with Crippen molar-refractivity contribution in [1.82, 2.24) is 15.3 Å². The molecule has 0 bridgehead atoms. The summed E-state index contributed by atoms with van der Waals surface area (Å²) in [5.41, 5.74) is 2.18. The van der Waals surface area contributed by atoms with Crippen LogP contribution in [0.15, 0.2) is 61.1 Å². The van der Waals surface area contributed by atoms with Crippen molar-refractivity contribution in [2.75, 3.05) is 12.4 Å². The predicted molar refractivity (Wildman–Crippen MR) is 101 cm³/mol. The molecular formula is C19H17ClN4O2. The second-order valence-corrected chi connectivity index (χ2v) is 5.86. The number of amides is 1. The molecule has 0 spiro atoms. The van der Waals surface area contributed by atoms with E-state index in [2.05, 4.69) is 20.6 Å². The number of halogens is 1. The van der Waals surface area contributed by atoms with Gasteiger partial charge in [0.2, 0.25) is 0 Å². The van der Waals surface area contributed by atoms with Gasteiger partial charge in [-0.05, 0) is 42.0 Å². The molecule has 0 saturated carbocycles. The number of benzene rings is 1. The zero-order valence-electron chi connectivity index (χ0n) is 14.1. The van der Waals surface area contributed by atoms with Crippen LogP contribution in [0.2, 0.25) is 5.02 Å². The highest BCUT2D eigenvalue weighted by molar-refractivity contribution is 6.32. The second kappa shape index (κ2) is 8.31. The Morgan fingerprint density at radius 2 is 2.08 bits per heavy atom. The van der Waals surface area contributed by atoms with Crippen LogP contribution in [-0.4, -0.2) is 23.0 Å². The number of carbonyl (C=O) groups excluding carboxylic acids is 1. The maximum Gasteiger partial charge on any atom is 0.251 e. The number of hydrogen-bond acceptors (Lipinski definition) is 5. The third-order valence-electron chi connectivity index (χ3n) is 3.62. The number of pyridine rings is 2. The topological polar surface area (TPSA) is 76.1 Å². The fourth-order valence-corrected chi connectivity index (χ4v) is 2.58. The maximum absolute atomic E-state index is 12.3. The van der Waals surface area contributed by atoms with E-state index in [0.717, 1.165) is 11.3 Å². The van der Waals surface area contributed by atoms with Crippen LogP contribution < -0.4 is 15.4 Å². The third kappa shape index (κ3) is 4.49. The average molecular weight is 369 g/mol. The molecule has 6 nitrogen and oxygen atoms in total. The predicted octanol–water partition coefficient (Wildman–Crippen LogP) is 3.81. The summed E-state index contributed by atoms with van der Waals surface area (Å²) in [5.74, 6) is 0.945. The molecule has 0 unspecified atom stereocenters. The molecule has 2 heterocycles. The van der Waals surface area contributed by atoms with Crippen molar-refractivity contribution in [3.05, 3.63) is 77.2 Å². The molecule has 1 aromatic carbocycles. The quantitative estimate of drug-likeness (QED) is 0.691. The Hall–Kier alpha value is -3.12. The van der Waals surface area contributed by atoms with E-state index in [-0.39, 0.29) is 5.91 Å². The first-order valence-corrected chi connectivity index (χ1v) is 8.27. The Morgan fingerprint density at radius 1 is 1.19 bits per heavy atom. The summed E-state index contributed by atoms with van der Waals surface area (Å²) in [5, 5.41) is 6.47. The molecule has 7 heteroatoms. The number of rotatable bonds is 6. The van der Waals surface area contributed by atoms with E-state index in [1.54, 1.807) is 50.0 Å². The largest absolute Gasteiger partial charge is 0.495 e. The molecule has 0 saturated heterocycles. The summed E-state index contributed by atoms with van der Waals surface area (Å²) >= 11 is 6.12. The summed E-state index contributed by atoms with van der Waals surface area (Å²) in [6.07, 6.45) is 4.98. The molecule has 0 fully saturated rings. The SMILES string of the molecule is COc1ccc(Nc2cc(C(=O)NCc3cccnc3)ccn2)cc1Cl. The summed E-state index contributed by atoms with van der Waals surface area (Å²) < 4.78 is 5.13. The Kier molecular flexibility index (Phi) is 5.66. The van der Waals surface area contributed by atoms with Gasteiger partial charge in [0, 0.05) is 36.4 Å². The number of aromatic nitrogens is 2. The van der Waals surface area contributed by atoms with E-state index >= 15 is 0 Å². The van der Waals surface area contributed by atoms with Crippen molar-refractivity contribution in [3.63, 3.8) is 0 Å². The number of hydrogen-bond donors (Lipinski definition) is 2. The van der Waals surface area contributed by atoms with Gasteiger partial charge in [0.1, 0.15) is 11.6 Å². The lowest BCUT2D eigenvalue weighted by atomic mass is 10.2. The second-order valence-electron chi connectivity index (χ2n) is 5.45. The van der Waals surface area contributed by atoms with Crippen molar-refractivity contribution in [3.8, 4) is 5.75 Å². The lowest BCUT2D eigenvalue weighted by Crippen LogP contribution is -2.23. The van der Waals surface area contributed by atoms with Gasteiger partial charge >= 0.3 is 0 Å². The molecule has 26 heavy (non-hydrogen) atoms. The molecule has 3 aromatic rings. The minimum atomic E-state index is -0.188. The van der Waals surface area contributed by atoms with E-state index in [0.29, 0.717) is 28.7 Å². The van der Waals surface area contributed by atoms with Crippen molar-refractivity contribution in [1.29, 1.82) is 0 Å². The molecule has 2 N–H and O–H groups in total. The average Bonchev–Trinajstić information content (AvgIpc) is 2.67. The van der Waals surface area contributed by atoms with Crippen molar-refractivity contribution in [2.24, 2.45) is 0 Å². The first-order chi connectivity index (χ1) is 12.7. The number of ether oxygens (including phenoxy) is 1. The van der Waals surface area contributed by atoms with Gasteiger partial charge < -0.3 is 15.4 Å². The van der Waals surface area contributed by atoms with E-state index in [9.17, 15) is 4.79 Å². The molecule has 3 rings (SSSR count). The maximum atomic E-state index is 12.3. The van der Waals surface area contributed by atoms with Crippen LogP contribution in [0.3, 0.4) is 0 Å². The molecule has 1 amide bonds. The minimum Gasteiger partial charge on any atom is -0.495 e. The summed E-state index contributed by atoms with van der Waals surface area (Å²) in [4.78, 5) is 20.6. The number of carbonyl (C=O) groups is 1. The molecule has 2 aromatic heterocycles. The lowest BCUT2D eigenvalue weighted by molar-refractivity contribution is 0.0951. The van der Waals surface area contributed by atoms with Gasteiger partial charge in [-0.15, -0.1) is 0 Å². The van der Waals surface area contributed by atoms with E-state index < -0.39 is 0 Å². The smallest absolute Gasteiger partial charge is 0.251 e. The van der Waals surface area contributed by atoms with Gasteiger partial charge in [0.05, 0.1) is 12.1 Å². The van der Waals surface area contributed by atoms with Crippen LogP contribution in [0, 0.1) is 0 Å². The van der Waals surface area contributed by atoms with Crippen LogP contribution in [0.25, 0.3) is 0 Å². The highest BCUT2D eigenvalue weighted by Gasteiger charge is 2.08. The van der Waals surface area contributed by atoms with Crippen LogP contribution in [0.5, 0.6) is 5.75 Å². The van der Waals surface area contributed by atoms with Crippen molar-refractivity contribution in [2.45, 2.75) is 6.54 Å². The van der Waals surface area contributed by atoms with Crippen molar-refractivity contribution < 1.29 is 9.53 Å². The highest BCUT2D eigenvalue weighted by atomic mass is 35.5. The molecule has 132 valence electrons. The fourth-order valence-electron chi connectivity index (χ4n) is 2.32.